The van der Waals surface area contributed by atoms with Gasteiger partial charge in [-0.15, -0.1) is 0 Å². The van der Waals surface area contributed by atoms with Crippen molar-refractivity contribution in [2.24, 2.45) is 0 Å². The lowest BCUT2D eigenvalue weighted by atomic mass is 9.99. The van der Waals surface area contributed by atoms with Crippen molar-refractivity contribution in [2.75, 3.05) is 13.2 Å². The maximum atomic E-state index is 9.68. The largest absolute Gasteiger partial charge is 0.394 e. The standard InChI is InChI=1S/C10H20O6/c1-2-3-4-15-9-8(13)7(12)6(5-11)16-10(9)14/h6-14H,2-5H2,1H3/t6-,7-,8+,9-,10+/m1/s1. The molecule has 1 aliphatic heterocycles. The first-order valence-electron chi connectivity index (χ1n) is 5.54. The van der Waals surface area contributed by atoms with Gasteiger partial charge in [0.15, 0.2) is 6.29 Å². The van der Waals surface area contributed by atoms with Crippen LogP contribution in [0.4, 0.5) is 0 Å². The first-order valence-corrected chi connectivity index (χ1v) is 5.54. The van der Waals surface area contributed by atoms with Crippen LogP contribution in [0, 0.1) is 0 Å². The van der Waals surface area contributed by atoms with Crippen LogP contribution in [-0.4, -0.2) is 64.3 Å². The first kappa shape index (κ1) is 13.8. The molecule has 0 aliphatic carbocycles. The highest BCUT2D eigenvalue weighted by Gasteiger charge is 2.44. The highest BCUT2D eigenvalue weighted by molar-refractivity contribution is 4.89. The van der Waals surface area contributed by atoms with Crippen LogP contribution >= 0.6 is 0 Å². The number of aliphatic hydroxyl groups excluding tert-OH is 4. The van der Waals surface area contributed by atoms with E-state index in [4.69, 9.17) is 14.6 Å². The fourth-order valence-electron chi connectivity index (χ4n) is 1.62. The maximum absolute atomic E-state index is 9.68. The van der Waals surface area contributed by atoms with Gasteiger partial charge in [-0.05, 0) is 6.42 Å². The van der Waals surface area contributed by atoms with Crippen molar-refractivity contribution >= 4 is 0 Å². The van der Waals surface area contributed by atoms with Crippen molar-refractivity contribution in [3.8, 4) is 0 Å². The van der Waals surface area contributed by atoms with Gasteiger partial charge in [0.05, 0.1) is 6.61 Å². The summed E-state index contributed by atoms with van der Waals surface area (Å²) in [5.41, 5.74) is 0. The molecule has 1 saturated heterocycles. The molecule has 6 nitrogen and oxygen atoms in total. The maximum Gasteiger partial charge on any atom is 0.184 e. The second-order valence-electron chi connectivity index (χ2n) is 3.92. The summed E-state index contributed by atoms with van der Waals surface area (Å²) in [6.07, 6.45) is -4.04. The molecule has 1 heterocycles. The Balaban J connectivity index is 2.50. The predicted octanol–water partition coefficient (Wildman–Crippen LogP) is -1.40. The molecule has 0 amide bonds. The number of rotatable bonds is 5. The fourth-order valence-corrected chi connectivity index (χ4v) is 1.62. The van der Waals surface area contributed by atoms with Crippen LogP contribution in [0.1, 0.15) is 19.8 Å². The molecule has 0 aromatic rings. The Morgan fingerprint density at radius 3 is 2.44 bits per heavy atom. The SMILES string of the molecule is CCCCO[C@@H]1[C@@H](O)[C@H](O)[C@@H](CO)O[C@@H]1O. The van der Waals surface area contributed by atoms with E-state index in [0.29, 0.717) is 6.61 Å². The van der Waals surface area contributed by atoms with E-state index in [1.54, 1.807) is 0 Å². The van der Waals surface area contributed by atoms with Gasteiger partial charge in [-0.25, -0.2) is 0 Å². The van der Waals surface area contributed by atoms with Crippen molar-refractivity contribution < 1.29 is 29.9 Å². The second-order valence-corrected chi connectivity index (χ2v) is 3.92. The number of hydrogen-bond acceptors (Lipinski definition) is 6. The molecule has 0 spiro atoms. The Morgan fingerprint density at radius 1 is 1.19 bits per heavy atom. The zero-order chi connectivity index (χ0) is 12.1. The molecule has 0 bridgehead atoms. The topological polar surface area (TPSA) is 99.4 Å². The Kier molecular flexibility index (Phi) is 5.60. The zero-order valence-corrected chi connectivity index (χ0v) is 9.32. The second kappa shape index (κ2) is 6.48. The van der Waals surface area contributed by atoms with Crippen LogP contribution in [0.25, 0.3) is 0 Å². The summed E-state index contributed by atoms with van der Waals surface area (Å²) in [4.78, 5) is 0. The minimum absolute atomic E-state index is 0.384. The molecular weight excluding hydrogens is 216 g/mol. The van der Waals surface area contributed by atoms with Crippen LogP contribution in [0.2, 0.25) is 0 Å². The molecule has 1 aliphatic rings. The van der Waals surface area contributed by atoms with Gasteiger partial charge in [0.2, 0.25) is 0 Å². The lowest BCUT2D eigenvalue weighted by Crippen LogP contribution is -2.59. The van der Waals surface area contributed by atoms with Crippen molar-refractivity contribution in [3.05, 3.63) is 0 Å². The summed E-state index contributed by atoms with van der Waals surface area (Å²) in [7, 11) is 0. The van der Waals surface area contributed by atoms with Gasteiger partial charge in [-0.3, -0.25) is 0 Å². The molecule has 1 rings (SSSR count). The Hall–Kier alpha value is -0.240. The molecule has 0 aromatic carbocycles. The summed E-state index contributed by atoms with van der Waals surface area (Å²) in [6.45, 7) is 1.91. The van der Waals surface area contributed by atoms with Gasteiger partial charge in [-0.2, -0.15) is 0 Å². The summed E-state index contributed by atoms with van der Waals surface area (Å²) in [5.74, 6) is 0. The molecule has 4 N–H and O–H groups in total. The number of hydrogen-bond donors (Lipinski definition) is 4. The van der Waals surface area contributed by atoms with Gasteiger partial charge in [-0.1, -0.05) is 13.3 Å². The van der Waals surface area contributed by atoms with Crippen LogP contribution in [0.15, 0.2) is 0 Å². The first-order chi connectivity index (χ1) is 7.61. The fraction of sp³-hybridized carbons (Fsp3) is 1.00. The van der Waals surface area contributed by atoms with E-state index in [-0.39, 0.29) is 0 Å². The smallest absolute Gasteiger partial charge is 0.184 e. The molecule has 96 valence electrons. The van der Waals surface area contributed by atoms with Crippen molar-refractivity contribution in [2.45, 2.75) is 50.5 Å². The highest BCUT2D eigenvalue weighted by atomic mass is 16.7. The normalized spacial score (nSPS) is 39.9. The molecule has 1 fully saturated rings. The Morgan fingerprint density at radius 2 is 1.88 bits per heavy atom. The third-order valence-electron chi connectivity index (χ3n) is 2.65. The van der Waals surface area contributed by atoms with Gasteiger partial charge in [0.1, 0.15) is 24.4 Å². The Bertz CT molecular complexity index is 200. The average molecular weight is 236 g/mol. The van der Waals surface area contributed by atoms with E-state index in [1.165, 1.54) is 0 Å². The summed E-state index contributed by atoms with van der Waals surface area (Å²) in [5, 5.41) is 37.6. The van der Waals surface area contributed by atoms with Gasteiger partial charge in [0.25, 0.3) is 0 Å². The van der Waals surface area contributed by atoms with E-state index < -0.39 is 37.3 Å². The lowest BCUT2D eigenvalue weighted by Gasteiger charge is -2.39. The molecular formula is C10H20O6. The monoisotopic (exact) mass is 236 g/mol. The minimum Gasteiger partial charge on any atom is -0.394 e. The van der Waals surface area contributed by atoms with Crippen LogP contribution < -0.4 is 0 Å². The third-order valence-corrected chi connectivity index (χ3v) is 2.65. The Labute approximate surface area is 94.4 Å². The molecule has 5 atom stereocenters. The van der Waals surface area contributed by atoms with E-state index in [0.717, 1.165) is 12.8 Å². The van der Waals surface area contributed by atoms with Gasteiger partial charge < -0.3 is 29.9 Å². The predicted molar refractivity (Wildman–Crippen MR) is 54.6 cm³/mol. The summed E-state index contributed by atoms with van der Waals surface area (Å²) >= 11 is 0. The number of ether oxygens (including phenoxy) is 2. The van der Waals surface area contributed by atoms with Crippen molar-refractivity contribution in [3.63, 3.8) is 0 Å². The van der Waals surface area contributed by atoms with E-state index >= 15 is 0 Å². The summed E-state index contributed by atoms with van der Waals surface area (Å²) in [6, 6.07) is 0. The molecule has 0 saturated carbocycles. The average Bonchev–Trinajstić information content (AvgIpc) is 2.28. The zero-order valence-electron chi connectivity index (χ0n) is 9.32. The van der Waals surface area contributed by atoms with Crippen molar-refractivity contribution in [1.82, 2.24) is 0 Å². The number of unbranched alkanes of at least 4 members (excludes halogenated alkanes) is 1. The minimum atomic E-state index is -1.33. The van der Waals surface area contributed by atoms with Gasteiger partial charge in [0, 0.05) is 6.61 Å². The highest BCUT2D eigenvalue weighted by Crippen LogP contribution is 2.22. The molecule has 16 heavy (non-hydrogen) atoms. The quantitative estimate of drug-likeness (QED) is 0.438. The lowest BCUT2D eigenvalue weighted by molar-refractivity contribution is -0.296. The van der Waals surface area contributed by atoms with Gasteiger partial charge >= 0.3 is 0 Å². The van der Waals surface area contributed by atoms with Crippen LogP contribution in [0.3, 0.4) is 0 Å². The van der Waals surface area contributed by atoms with E-state index in [9.17, 15) is 15.3 Å². The van der Waals surface area contributed by atoms with Crippen molar-refractivity contribution in [1.29, 1.82) is 0 Å². The summed E-state index contributed by atoms with van der Waals surface area (Å²) < 4.78 is 10.2. The molecule has 0 aromatic heterocycles. The number of aliphatic hydroxyl groups is 4. The van der Waals surface area contributed by atoms with Crippen LogP contribution in [0.5, 0.6) is 0 Å². The third kappa shape index (κ3) is 3.13. The molecule has 6 heteroatoms. The molecule has 0 unspecified atom stereocenters. The van der Waals surface area contributed by atoms with E-state index in [2.05, 4.69) is 0 Å². The van der Waals surface area contributed by atoms with Crippen LogP contribution in [-0.2, 0) is 9.47 Å². The van der Waals surface area contributed by atoms with E-state index in [1.807, 2.05) is 6.92 Å². The molecule has 0 radical (unpaired) electrons.